The Morgan fingerprint density at radius 3 is 2.38 bits per heavy atom. The number of nitrogens with zero attached hydrogens (tertiary/aromatic N) is 3. The van der Waals surface area contributed by atoms with Crippen molar-refractivity contribution >= 4 is 27.7 Å². The van der Waals surface area contributed by atoms with Crippen molar-refractivity contribution in [3.63, 3.8) is 0 Å². The van der Waals surface area contributed by atoms with E-state index in [4.69, 9.17) is 0 Å². The number of nitro benzene ring substituents is 1. The second kappa shape index (κ2) is 9.22. The zero-order valence-electron chi connectivity index (χ0n) is 17.6. The number of sulfonamides is 1. The first kappa shape index (κ1) is 22.2. The molecule has 9 heteroatoms. The molecule has 8 nitrogen and oxygen atoms in total. The molecule has 0 unspecified atom stereocenters. The molecule has 0 radical (unpaired) electrons. The molecule has 1 aliphatic heterocycles. The molecule has 1 fully saturated rings. The highest BCUT2D eigenvalue weighted by Crippen LogP contribution is 2.26. The van der Waals surface area contributed by atoms with Gasteiger partial charge in [-0.25, -0.2) is 8.42 Å². The molecule has 2 aliphatic rings. The summed E-state index contributed by atoms with van der Waals surface area (Å²) in [6.45, 7) is 0.962. The average Bonchev–Trinajstić information content (AvgIpc) is 2.82. The van der Waals surface area contributed by atoms with Crippen molar-refractivity contribution < 1.29 is 18.1 Å². The van der Waals surface area contributed by atoms with Gasteiger partial charge in [0.1, 0.15) is 0 Å². The molecule has 2 aromatic rings. The van der Waals surface area contributed by atoms with E-state index in [0.29, 0.717) is 10.5 Å². The average molecular weight is 456 g/mol. The summed E-state index contributed by atoms with van der Waals surface area (Å²) in [6, 6.07) is 11.6. The molecule has 0 atom stereocenters. The van der Waals surface area contributed by atoms with Crippen LogP contribution in [-0.2, 0) is 27.7 Å². The molecule has 0 aromatic heterocycles. The number of piperazine rings is 1. The first-order valence-corrected chi connectivity index (χ1v) is 12.1. The minimum Gasteiger partial charge on any atom is -0.337 e. The lowest BCUT2D eigenvalue weighted by molar-refractivity contribution is -0.385. The minimum absolute atomic E-state index is 0.0717. The summed E-state index contributed by atoms with van der Waals surface area (Å²) in [5, 5.41) is 11.1. The predicted octanol–water partition coefficient (Wildman–Crippen LogP) is 3.02. The molecule has 1 saturated heterocycles. The van der Waals surface area contributed by atoms with E-state index in [1.165, 1.54) is 28.1 Å². The van der Waals surface area contributed by atoms with Crippen molar-refractivity contribution in [2.24, 2.45) is 0 Å². The van der Waals surface area contributed by atoms with E-state index < -0.39 is 14.9 Å². The van der Waals surface area contributed by atoms with Gasteiger partial charge in [0, 0.05) is 38.3 Å². The van der Waals surface area contributed by atoms with Gasteiger partial charge in [0.05, 0.1) is 15.4 Å². The minimum atomic E-state index is -3.61. The van der Waals surface area contributed by atoms with Gasteiger partial charge < -0.3 is 4.90 Å². The Morgan fingerprint density at radius 2 is 1.66 bits per heavy atom. The van der Waals surface area contributed by atoms with E-state index in [9.17, 15) is 23.3 Å². The highest BCUT2D eigenvalue weighted by molar-refractivity contribution is 7.89. The third-order valence-corrected chi connectivity index (χ3v) is 7.94. The second-order valence-electron chi connectivity index (χ2n) is 8.02. The fourth-order valence-corrected chi connectivity index (χ4v) is 5.70. The first-order valence-electron chi connectivity index (χ1n) is 10.7. The zero-order valence-corrected chi connectivity index (χ0v) is 18.5. The third-order valence-electron chi connectivity index (χ3n) is 6.05. The molecule has 0 spiro atoms. The quantitative estimate of drug-likeness (QED) is 0.392. The lowest BCUT2D eigenvalue weighted by atomic mass is 9.92. The number of carbonyl (C=O) groups excluding carboxylic acids is 1. The molecule has 0 saturated carbocycles. The number of aryl methyl sites for hydroxylation is 2. The van der Waals surface area contributed by atoms with Gasteiger partial charge >= 0.3 is 0 Å². The van der Waals surface area contributed by atoms with Crippen molar-refractivity contribution in [3.05, 3.63) is 75.3 Å². The summed E-state index contributed by atoms with van der Waals surface area (Å²) in [4.78, 5) is 25.0. The summed E-state index contributed by atoms with van der Waals surface area (Å²) in [7, 11) is -3.61. The van der Waals surface area contributed by atoms with Gasteiger partial charge in [-0.3, -0.25) is 14.9 Å². The number of carbonyl (C=O) groups is 1. The highest BCUT2D eigenvalue weighted by atomic mass is 32.2. The number of benzene rings is 2. The van der Waals surface area contributed by atoms with Gasteiger partial charge in [-0.1, -0.05) is 18.2 Å². The van der Waals surface area contributed by atoms with Crippen LogP contribution in [0.1, 0.15) is 29.5 Å². The Labute approximate surface area is 187 Å². The van der Waals surface area contributed by atoms with Crippen LogP contribution < -0.4 is 0 Å². The van der Waals surface area contributed by atoms with E-state index >= 15 is 0 Å². The smallest absolute Gasteiger partial charge is 0.276 e. The van der Waals surface area contributed by atoms with Crippen LogP contribution in [0.15, 0.2) is 53.4 Å². The molecule has 168 valence electrons. The molecule has 2 aromatic carbocycles. The lowest BCUT2D eigenvalue weighted by Gasteiger charge is -2.33. The number of fused-ring (bicyclic) bond motifs is 1. The van der Waals surface area contributed by atoms with Gasteiger partial charge in [-0.05, 0) is 61.1 Å². The second-order valence-corrected chi connectivity index (χ2v) is 9.95. The number of amides is 1. The topological polar surface area (TPSA) is 101 Å². The number of para-hydroxylation sites is 1. The number of hydrogen-bond acceptors (Lipinski definition) is 5. The van der Waals surface area contributed by atoms with E-state index in [0.717, 1.165) is 31.2 Å². The normalized spacial score (nSPS) is 17.3. The van der Waals surface area contributed by atoms with E-state index in [2.05, 4.69) is 0 Å². The molecule has 1 heterocycles. The molecule has 32 heavy (non-hydrogen) atoms. The van der Waals surface area contributed by atoms with Crippen LogP contribution in [0.5, 0.6) is 0 Å². The number of hydrogen-bond donors (Lipinski definition) is 0. The molecule has 1 amide bonds. The lowest BCUT2D eigenvalue weighted by Crippen LogP contribution is -2.50. The zero-order chi connectivity index (χ0) is 22.7. The van der Waals surface area contributed by atoms with Crippen LogP contribution in [0.2, 0.25) is 0 Å². The summed E-state index contributed by atoms with van der Waals surface area (Å²) < 4.78 is 27.6. The van der Waals surface area contributed by atoms with Crippen LogP contribution in [0, 0.1) is 10.1 Å². The fraction of sp³-hybridized carbons (Fsp3) is 0.348. The van der Waals surface area contributed by atoms with Gasteiger partial charge in [0.2, 0.25) is 15.9 Å². The molecule has 4 rings (SSSR count). The van der Waals surface area contributed by atoms with Crippen LogP contribution in [0.3, 0.4) is 0 Å². The Bertz CT molecular complexity index is 1170. The Balaban J connectivity index is 1.40. The third kappa shape index (κ3) is 4.58. The Morgan fingerprint density at radius 1 is 0.969 bits per heavy atom. The van der Waals surface area contributed by atoms with Crippen molar-refractivity contribution in [1.82, 2.24) is 9.21 Å². The molecular formula is C23H25N3O5S. The highest BCUT2D eigenvalue weighted by Gasteiger charge is 2.30. The standard InChI is InChI=1S/C23H25N3O5S/c27-23(12-10-19-6-3-4-8-22(19)26(28)29)24-13-15-25(16-14-24)32(30,31)21-11-9-18-5-1-2-7-20(18)17-21/h3-4,6,8-12,17H,1-2,5,7,13-16H2/b12-10+. The Kier molecular flexibility index (Phi) is 6.38. The monoisotopic (exact) mass is 455 g/mol. The summed E-state index contributed by atoms with van der Waals surface area (Å²) in [5.74, 6) is -0.297. The maximum Gasteiger partial charge on any atom is 0.276 e. The SMILES string of the molecule is O=C(/C=C/c1ccccc1[N+](=O)[O-])N1CCN(S(=O)(=O)c2ccc3c(c2)CCCC3)CC1. The summed E-state index contributed by atoms with van der Waals surface area (Å²) >= 11 is 0. The predicted molar refractivity (Wildman–Crippen MR) is 121 cm³/mol. The fourth-order valence-electron chi connectivity index (χ4n) is 4.23. The van der Waals surface area contributed by atoms with Crippen LogP contribution in [0.4, 0.5) is 5.69 Å². The molecule has 0 bridgehead atoms. The molecule has 0 N–H and O–H groups in total. The maximum atomic E-state index is 13.1. The number of rotatable bonds is 5. The van der Waals surface area contributed by atoms with Crippen molar-refractivity contribution in [2.45, 2.75) is 30.6 Å². The van der Waals surface area contributed by atoms with E-state index in [1.54, 1.807) is 35.2 Å². The van der Waals surface area contributed by atoms with Gasteiger partial charge in [0.25, 0.3) is 5.69 Å². The van der Waals surface area contributed by atoms with Crippen LogP contribution >= 0.6 is 0 Å². The van der Waals surface area contributed by atoms with E-state index in [-0.39, 0.29) is 37.8 Å². The maximum absolute atomic E-state index is 13.1. The van der Waals surface area contributed by atoms with Crippen molar-refractivity contribution in [3.8, 4) is 0 Å². The van der Waals surface area contributed by atoms with Crippen molar-refractivity contribution in [1.29, 1.82) is 0 Å². The molecule has 1 aliphatic carbocycles. The largest absolute Gasteiger partial charge is 0.337 e. The van der Waals surface area contributed by atoms with Gasteiger partial charge in [-0.15, -0.1) is 0 Å². The van der Waals surface area contributed by atoms with Gasteiger partial charge in [0.15, 0.2) is 0 Å². The van der Waals surface area contributed by atoms with Crippen LogP contribution in [-0.4, -0.2) is 54.6 Å². The first-order chi connectivity index (χ1) is 15.4. The number of nitro groups is 1. The summed E-state index contributed by atoms with van der Waals surface area (Å²) in [5.41, 5.74) is 2.62. The van der Waals surface area contributed by atoms with Gasteiger partial charge in [-0.2, -0.15) is 4.31 Å². The summed E-state index contributed by atoms with van der Waals surface area (Å²) in [6.07, 6.45) is 6.85. The molecular weight excluding hydrogens is 430 g/mol. The van der Waals surface area contributed by atoms with E-state index in [1.807, 2.05) is 6.07 Å². The van der Waals surface area contributed by atoms with Crippen molar-refractivity contribution in [2.75, 3.05) is 26.2 Å². The Hall–Kier alpha value is -3.04. The van der Waals surface area contributed by atoms with Crippen LogP contribution in [0.25, 0.3) is 6.08 Å².